The molecule has 0 aromatic heterocycles. The first-order valence-corrected chi connectivity index (χ1v) is 6.48. The molecule has 0 amide bonds. The van der Waals surface area contributed by atoms with Crippen molar-refractivity contribution < 1.29 is 0 Å². The highest BCUT2D eigenvalue weighted by molar-refractivity contribution is 6.30. The van der Waals surface area contributed by atoms with Crippen LogP contribution >= 0.6 is 11.6 Å². The van der Waals surface area contributed by atoms with E-state index in [1.54, 1.807) is 0 Å². The first kappa shape index (κ1) is 11.4. The molecule has 2 nitrogen and oxygen atoms in total. The quantitative estimate of drug-likeness (QED) is 0.836. The van der Waals surface area contributed by atoms with E-state index in [0.29, 0.717) is 0 Å². The van der Waals surface area contributed by atoms with Gasteiger partial charge >= 0.3 is 0 Å². The van der Waals surface area contributed by atoms with Crippen LogP contribution in [0.25, 0.3) is 0 Å². The summed E-state index contributed by atoms with van der Waals surface area (Å²) >= 11 is 5.90. The van der Waals surface area contributed by atoms with Crippen molar-refractivity contribution in [3.8, 4) is 0 Å². The molecule has 1 heterocycles. The van der Waals surface area contributed by atoms with E-state index < -0.39 is 0 Å². The molecule has 0 atom stereocenters. The predicted molar refractivity (Wildman–Crippen MR) is 77.1 cm³/mol. The molecule has 1 aliphatic heterocycles. The molecule has 3 heteroatoms. The topological polar surface area (TPSA) is 29.3 Å². The Morgan fingerprint density at radius 2 is 1.89 bits per heavy atom. The van der Waals surface area contributed by atoms with Gasteiger partial charge in [-0.15, -0.1) is 0 Å². The molecule has 0 saturated heterocycles. The van der Waals surface area contributed by atoms with Gasteiger partial charge in [-0.3, -0.25) is 0 Å². The number of hydrogen-bond donors (Lipinski definition) is 1. The van der Waals surface area contributed by atoms with Crippen LogP contribution < -0.4 is 10.6 Å². The molecule has 18 heavy (non-hydrogen) atoms. The van der Waals surface area contributed by atoms with E-state index in [4.69, 9.17) is 17.3 Å². The maximum atomic E-state index is 5.90. The Labute approximate surface area is 112 Å². The summed E-state index contributed by atoms with van der Waals surface area (Å²) in [5.74, 6) is 0. The lowest BCUT2D eigenvalue weighted by Crippen LogP contribution is -2.19. The third-order valence-electron chi connectivity index (χ3n) is 3.39. The Bertz CT molecular complexity index is 563. The number of nitrogen functional groups attached to an aromatic ring is 1. The Balaban J connectivity index is 1.84. The van der Waals surface area contributed by atoms with Crippen LogP contribution in [0.2, 0.25) is 5.02 Å². The molecule has 0 saturated carbocycles. The van der Waals surface area contributed by atoms with E-state index >= 15 is 0 Å². The average Bonchev–Trinajstić information content (AvgIpc) is 2.75. The van der Waals surface area contributed by atoms with Gasteiger partial charge in [-0.1, -0.05) is 29.8 Å². The minimum atomic E-state index is 0.782. The number of nitrogens with zero attached hydrogens (tertiary/aromatic N) is 1. The molecule has 0 unspecified atom stereocenters. The van der Waals surface area contributed by atoms with Crippen molar-refractivity contribution in [1.82, 2.24) is 0 Å². The molecular weight excluding hydrogens is 244 g/mol. The van der Waals surface area contributed by atoms with Crippen LogP contribution in [0.4, 0.5) is 11.4 Å². The van der Waals surface area contributed by atoms with Crippen molar-refractivity contribution >= 4 is 23.0 Å². The summed E-state index contributed by atoms with van der Waals surface area (Å²) in [6.07, 6.45) is 1.10. The maximum absolute atomic E-state index is 5.90. The summed E-state index contributed by atoms with van der Waals surface area (Å²) in [7, 11) is 0. The molecule has 92 valence electrons. The summed E-state index contributed by atoms with van der Waals surface area (Å²) in [6, 6.07) is 14.2. The SMILES string of the molecule is Nc1ccc2c(c1)N(Cc1ccc(Cl)cc1)CC2. The summed E-state index contributed by atoms with van der Waals surface area (Å²) in [5, 5.41) is 0.782. The van der Waals surface area contributed by atoms with Gasteiger partial charge in [0.05, 0.1) is 0 Å². The monoisotopic (exact) mass is 258 g/mol. The van der Waals surface area contributed by atoms with Crippen molar-refractivity contribution in [3.05, 3.63) is 58.6 Å². The molecule has 2 aromatic carbocycles. The Morgan fingerprint density at radius 3 is 2.67 bits per heavy atom. The van der Waals surface area contributed by atoms with Gasteiger partial charge in [-0.2, -0.15) is 0 Å². The fourth-order valence-corrected chi connectivity index (χ4v) is 2.56. The van der Waals surface area contributed by atoms with Crippen LogP contribution in [0.5, 0.6) is 0 Å². The number of nitrogens with two attached hydrogens (primary N) is 1. The van der Waals surface area contributed by atoms with Gasteiger partial charge in [-0.05, 0) is 41.8 Å². The summed E-state index contributed by atoms with van der Waals surface area (Å²) < 4.78 is 0. The molecule has 0 bridgehead atoms. The molecule has 0 radical (unpaired) electrons. The normalized spacial score (nSPS) is 13.7. The summed E-state index contributed by atoms with van der Waals surface area (Å²) in [4.78, 5) is 2.37. The van der Waals surface area contributed by atoms with Crippen LogP contribution in [-0.4, -0.2) is 6.54 Å². The van der Waals surface area contributed by atoms with Gasteiger partial charge < -0.3 is 10.6 Å². The van der Waals surface area contributed by atoms with E-state index in [-0.39, 0.29) is 0 Å². The minimum Gasteiger partial charge on any atom is -0.399 e. The number of halogens is 1. The minimum absolute atomic E-state index is 0.782. The maximum Gasteiger partial charge on any atom is 0.0429 e. The van der Waals surface area contributed by atoms with Crippen LogP contribution in [0.15, 0.2) is 42.5 Å². The van der Waals surface area contributed by atoms with Crippen molar-refractivity contribution in [2.24, 2.45) is 0 Å². The number of benzene rings is 2. The van der Waals surface area contributed by atoms with Gasteiger partial charge in [-0.25, -0.2) is 0 Å². The molecule has 0 fully saturated rings. The number of anilines is 2. The predicted octanol–water partition coefficient (Wildman–Crippen LogP) is 3.48. The first-order chi connectivity index (χ1) is 8.72. The smallest absolute Gasteiger partial charge is 0.0429 e. The zero-order valence-electron chi connectivity index (χ0n) is 10.1. The zero-order chi connectivity index (χ0) is 12.5. The van der Waals surface area contributed by atoms with Crippen molar-refractivity contribution in [3.63, 3.8) is 0 Å². The standard InChI is InChI=1S/C15H15ClN2/c16-13-4-1-11(2-5-13)10-18-8-7-12-3-6-14(17)9-15(12)18/h1-6,9H,7-8,10,17H2. The van der Waals surface area contributed by atoms with Crippen LogP contribution in [0, 0.1) is 0 Å². The number of fused-ring (bicyclic) bond motifs is 1. The van der Waals surface area contributed by atoms with E-state index in [0.717, 1.165) is 30.2 Å². The largest absolute Gasteiger partial charge is 0.399 e. The van der Waals surface area contributed by atoms with Gasteiger partial charge in [0, 0.05) is 29.5 Å². The first-order valence-electron chi connectivity index (χ1n) is 6.10. The second-order valence-corrected chi connectivity index (χ2v) is 5.12. The van der Waals surface area contributed by atoms with Crippen LogP contribution in [0.1, 0.15) is 11.1 Å². The van der Waals surface area contributed by atoms with E-state index in [2.05, 4.69) is 29.2 Å². The molecule has 3 rings (SSSR count). The Hall–Kier alpha value is -1.67. The van der Waals surface area contributed by atoms with Gasteiger partial charge in [0.15, 0.2) is 0 Å². The van der Waals surface area contributed by atoms with Crippen LogP contribution in [-0.2, 0) is 13.0 Å². The molecule has 2 aromatic rings. The van der Waals surface area contributed by atoms with Gasteiger partial charge in [0.25, 0.3) is 0 Å². The lowest BCUT2D eigenvalue weighted by atomic mass is 10.1. The molecule has 0 spiro atoms. The average molecular weight is 259 g/mol. The van der Waals surface area contributed by atoms with E-state index in [9.17, 15) is 0 Å². The third kappa shape index (κ3) is 2.16. The van der Waals surface area contributed by atoms with Gasteiger partial charge in [0.1, 0.15) is 0 Å². The van der Waals surface area contributed by atoms with Crippen molar-refractivity contribution in [1.29, 1.82) is 0 Å². The highest BCUT2D eigenvalue weighted by Gasteiger charge is 2.18. The Kier molecular flexibility index (Phi) is 2.88. The zero-order valence-corrected chi connectivity index (χ0v) is 10.8. The highest BCUT2D eigenvalue weighted by Crippen LogP contribution is 2.31. The molecule has 0 aliphatic carbocycles. The van der Waals surface area contributed by atoms with Crippen LogP contribution in [0.3, 0.4) is 0 Å². The molecular formula is C15H15ClN2. The van der Waals surface area contributed by atoms with E-state index in [1.807, 2.05) is 18.2 Å². The van der Waals surface area contributed by atoms with Crippen molar-refractivity contribution in [2.45, 2.75) is 13.0 Å². The number of hydrogen-bond acceptors (Lipinski definition) is 2. The Morgan fingerprint density at radius 1 is 1.11 bits per heavy atom. The van der Waals surface area contributed by atoms with Crippen molar-refractivity contribution in [2.75, 3.05) is 17.2 Å². The fourth-order valence-electron chi connectivity index (χ4n) is 2.44. The summed E-state index contributed by atoms with van der Waals surface area (Å²) in [6.45, 7) is 1.97. The summed E-state index contributed by atoms with van der Waals surface area (Å²) in [5.41, 5.74) is 10.6. The second kappa shape index (κ2) is 4.54. The van der Waals surface area contributed by atoms with E-state index in [1.165, 1.54) is 16.8 Å². The molecule has 1 aliphatic rings. The second-order valence-electron chi connectivity index (χ2n) is 4.69. The lowest BCUT2D eigenvalue weighted by Gasteiger charge is -2.19. The third-order valence-corrected chi connectivity index (χ3v) is 3.64. The lowest BCUT2D eigenvalue weighted by molar-refractivity contribution is 0.836. The highest BCUT2D eigenvalue weighted by atomic mass is 35.5. The molecule has 2 N–H and O–H groups in total. The fraction of sp³-hybridized carbons (Fsp3) is 0.200. The van der Waals surface area contributed by atoms with Gasteiger partial charge in [0.2, 0.25) is 0 Å². The number of rotatable bonds is 2.